The van der Waals surface area contributed by atoms with Crippen LogP contribution in [-0.4, -0.2) is 30.4 Å². The Morgan fingerprint density at radius 1 is 1.44 bits per heavy atom. The SMILES string of the molecule is CCCN(C)[C@@H](C)C(=O)NCc1ccccc1F. The third-order valence-corrected chi connectivity index (χ3v) is 3.03. The molecule has 0 aromatic heterocycles. The Kier molecular flexibility index (Phi) is 5.78. The number of hydrogen-bond donors (Lipinski definition) is 1. The topological polar surface area (TPSA) is 32.3 Å². The van der Waals surface area contributed by atoms with E-state index in [2.05, 4.69) is 12.2 Å². The molecule has 0 aliphatic heterocycles. The van der Waals surface area contributed by atoms with Gasteiger partial charge in [-0.15, -0.1) is 0 Å². The van der Waals surface area contributed by atoms with Crippen molar-refractivity contribution in [2.24, 2.45) is 0 Å². The summed E-state index contributed by atoms with van der Waals surface area (Å²) in [6.45, 7) is 5.02. The molecule has 1 atom stereocenters. The molecule has 0 spiro atoms. The minimum absolute atomic E-state index is 0.0748. The molecule has 100 valence electrons. The van der Waals surface area contributed by atoms with E-state index in [-0.39, 0.29) is 24.3 Å². The summed E-state index contributed by atoms with van der Waals surface area (Å²) in [6.07, 6.45) is 1.00. The van der Waals surface area contributed by atoms with Crippen LogP contribution in [0.5, 0.6) is 0 Å². The molecule has 0 heterocycles. The van der Waals surface area contributed by atoms with Gasteiger partial charge in [-0.25, -0.2) is 4.39 Å². The number of amides is 1. The van der Waals surface area contributed by atoms with Gasteiger partial charge >= 0.3 is 0 Å². The Hall–Kier alpha value is -1.42. The van der Waals surface area contributed by atoms with Crippen molar-refractivity contribution in [1.82, 2.24) is 10.2 Å². The lowest BCUT2D eigenvalue weighted by molar-refractivity contribution is -0.125. The van der Waals surface area contributed by atoms with Gasteiger partial charge in [0.1, 0.15) is 5.82 Å². The lowest BCUT2D eigenvalue weighted by Gasteiger charge is -2.23. The summed E-state index contributed by atoms with van der Waals surface area (Å²) in [5, 5.41) is 2.76. The van der Waals surface area contributed by atoms with Crippen molar-refractivity contribution in [3.8, 4) is 0 Å². The van der Waals surface area contributed by atoms with Crippen molar-refractivity contribution in [3.63, 3.8) is 0 Å². The van der Waals surface area contributed by atoms with Gasteiger partial charge in [0.05, 0.1) is 6.04 Å². The monoisotopic (exact) mass is 252 g/mol. The maximum absolute atomic E-state index is 13.4. The number of halogens is 1. The first-order valence-corrected chi connectivity index (χ1v) is 6.27. The molecule has 0 unspecified atom stereocenters. The van der Waals surface area contributed by atoms with Crippen LogP contribution >= 0.6 is 0 Å². The second-order valence-corrected chi connectivity index (χ2v) is 4.47. The Labute approximate surface area is 108 Å². The summed E-state index contributed by atoms with van der Waals surface area (Å²) in [6, 6.07) is 6.27. The van der Waals surface area contributed by atoms with Gasteiger partial charge in [-0.3, -0.25) is 9.69 Å². The van der Waals surface area contributed by atoms with E-state index in [0.29, 0.717) is 5.56 Å². The van der Waals surface area contributed by atoms with Crippen LogP contribution < -0.4 is 5.32 Å². The molecule has 18 heavy (non-hydrogen) atoms. The number of nitrogens with one attached hydrogen (secondary N) is 1. The van der Waals surface area contributed by atoms with Gasteiger partial charge in [0, 0.05) is 12.1 Å². The molecular weight excluding hydrogens is 231 g/mol. The quantitative estimate of drug-likeness (QED) is 0.841. The Balaban J connectivity index is 2.48. The van der Waals surface area contributed by atoms with Crippen molar-refractivity contribution in [1.29, 1.82) is 0 Å². The minimum Gasteiger partial charge on any atom is -0.351 e. The average molecular weight is 252 g/mol. The zero-order valence-corrected chi connectivity index (χ0v) is 11.2. The summed E-state index contributed by atoms with van der Waals surface area (Å²) in [4.78, 5) is 13.9. The molecule has 0 saturated heterocycles. The molecule has 0 aliphatic carbocycles. The highest BCUT2D eigenvalue weighted by atomic mass is 19.1. The number of rotatable bonds is 6. The Bertz CT molecular complexity index is 395. The molecule has 1 amide bonds. The summed E-state index contributed by atoms with van der Waals surface area (Å²) in [7, 11) is 1.91. The fraction of sp³-hybridized carbons (Fsp3) is 0.500. The van der Waals surface area contributed by atoms with E-state index in [1.54, 1.807) is 18.2 Å². The van der Waals surface area contributed by atoms with E-state index in [1.807, 2.05) is 18.9 Å². The van der Waals surface area contributed by atoms with Crippen LogP contribution in [0.2, 0.25) is 0 Å². The van der Waals surface area contributed by atoms with Gasteiger partial charge in [0.2, 0.25) is 5.91 Å². The van der Waals surface area contributed by atoms with Crippen LogP contribution in [-0.2, 0) is 11.3 Å². The predicted octanol–water partition coefficient (Wildman–Crippen LogP) is 2.17. The molecule has 1 rings (SSSR count). The molecule has 0 saturated carbocycles. The van der Waals surface area contributed by atoms with E-state index in [0.717, 1.165) is 13.0 Å². The predicted molar refractivity (Wildman–Crippen MR) is 70.6 cm³/mol. The Morgan fingerprint density at radius 2 is 2.11 bits per heavy atom. The van der Waals surface area contributed by atoms with Crippen molar-refractivity contribution in [2.75, 3.05) is 13.6 Å². The number of likely N-dealkylation sites (N-methyl/N-ethyl adjacent to an activating group) is 1. The van der Waals surface area contributed by atoms with Crippen LogP contribution in [0.4, 0.5) is 4.39 Å². The summed E-state index contributed by atoms with van der Waals surface area (Å²) >= 11 is 0. The van der Waals surface area contributed by atoms with E-state index in [9.17, 15) is 9.18 Å². The van der Waals surface area contributed by atoms with Gasteiger partial charge in [0.15, 0.2) is 0 Å². The fourth-order valence-corrected chi connectivity index (χ4v) is 1.72. The van der Waals surface area contributed by atoms with Crippen LogP contribution in [0, 0.1) is 5.82 Å². The molecule has 0 aliphatic rings. The van der Waals surface area contributed by atoms with Gasteiger partial charge in [-0.2, -0.15) is 0 Å². The summed E-state index contributed by atoms with van der Waals surface area (Å²) in [5.41, 5.74) is 0.510. The molecule has 4 heteroatoms. The maximum Gasteiger partial charge on any atom is 0.237 e. The highest BCUT2D eigenvalue weighted by Crippen LogP contribution is 2.06. The zero-order valence-electron chi connectivity index (χ0n) is 11.2. The summed E-state index contributed by atoms with van der Waals surface area (Å²) < 4.78 is 13.4. The molecule has 1 N–H and O–H groups in total. The lowest BCUT2D eigenvalue weighted by atomic mass is 10.2. The standard InChI is InChI=1S/C14H21FN2O/c1-4-9-17(3)11(2)14(18)16-10-12-7-5-6-8-13(12)15/h5-8,11H,4,9-10H2,1-3H3,(H,16,18)/t11-/m0/s1. The van der Waals surface area contributed by atoms with E-state index >= 15 is 0 Å². The van der Waals surface area contributed by atoms with Crippen molar-refractivity contribution in [2.45, 2.75) is 32.9 Å². The number of hydrogen-bond acceptors (Lipinski definition) is 2. The Morgan fingerprint density at radius 3 is 2.72 bits per heavy atom. The molecule has 1 aromatic rings. The minimum atomic E-state index is -0.285. The average Bonchev–Trinajstić information content (AvgIpc) is 2.36. The van der Waals surface area contributed by atoms with E-state index in [4.69, 9.17) is 0 Å². The number of nitrogens with zero attached hydrogens (tertiary/aromatic N) is 1. The fourth-order valence-electron chi connectivity index (χ4n) is 1.72. The van der Waals surface area contributed by atoms with Crippen LogP contribution in [0.3, 0.4) is 0 Å². The van der Waals surface area contributed by atoms with Crippen LogP contribution in [0.25, 0.3) is 0 Å². The van der Waals surface area contributed by atoms with E-state index in [1.165, 1.54) is 6.07 Å². The van der Waals surface area contributed by atoms with Gasteiger partial charge in [-0.1, -0.05) is 25.1 Å². The van der Waals surface area contributed by atoms with Gasteiger partial charge < -0.3 is 5.32 Å². The molecule has 0 radical (unpaired) electrons. The van der Waals surface area contributed by atoms with Crippen molar-refractivity contribution in [3.05, 3.63) is 35.6 Å². The molecule has 1 aromatic carbocycles. The highest BCUT2D eigenvalue weighted by Gasteiger charge is 2.16. The zero-order chi connectivity index (χ0) is 13.5. The lowest BCUT2D eigenvalue weighted by Crippen LogP contribution is -2.43. The largest absolute Gasteiger partial charge is 0.351 e. The third-order valence-electron chi connectivity index (χ3n) is 3.03. The second kappa shape index (κ2) is 7.11. The smallest absolute Gasteiger partial charge is 0.237 e. The summed E-state index contributed by atoms with van der Waals surface area (Å²) in [5.74, 6) is -0.360. The maximum atomic E-state index is 13.4. The second-order valence-electron chi connectivity index (χ2n) is 4.47. The number of carbonyl (C=O) groups excluding carboxylic acids is 1. The first-order valence-electron chi connectivity index (χ1n) is 6.27. The number of benzene rings is 1. The van der Waals surface area contributed by atoms with Crippen LogP contribution in [0.1, 0.15) is 25.8 Å². The molecule has 3 nitrogen and oxygen atoms in total. The van der Waals surface area contributed by atoms with E-state index < -0.39 is 0 Å². The van der Waals surface area contributed by atoms with Crippen LogP contribution in [0.15, 0.2) is 24.3 Å². The highest BCUT2D eigenvalue weighted by molar-refractivity contribution is 5.81. The first-order chi connectivity index (χ1) is 8.56. The van der Waals surface area contributed by atoms with Crippen molar-refractivity contribution >= 4 is 5.91 Å². The normalized spacial score (nSPS) is 12.5. The molecule has 0 fully saturated rings. The van der Waals surface area contributed by atoms with Gasteiger partial charge in [-0.05, 0) is 33.0 Å². The number of carbonyl (C=O) groups is 1. The first kappa shape index (κ1) is 14.6. The van der Waals surface area contributed by atoms with Gasteiger partial charge in [0.25, 0.3) is 0 Å². The van der Waals surface area contributed by atoms with Crippen molar-refractivity contribution < 1.29 is 9.18 Å². The third kappa shape index (κ3) is 4.11. The molecular formula is C14H21FN2O. The molecule has 0 bridgehead atoms.